The van der Waals surface area contributed by atoms with Crippen LogP contribution in [0.5, 0.6) is 5.75 Å². The average Bonchev–Trinajstić information content (AvgIpc) is 2.38. The first-order valence-electron chi connectivity index (χ1n) is 6.42. The van der Waals surface area contributed by atoms with Crippen molar-refractivity contribution in [2.24, 2.45) is 0 Å². The molecule has 1 aliphatic heterocycles. The molecule has 1 aromatic carbocycles. The van der Waals surface area contributed by atoms with E-state index in [1.807, 2.05) is 19.1 Å². The average molecular weight is 278 g/mol. The van der Waals surface area contributed by atoms with Crippen molar-refractivity contribution in [1.82, 2.24) is 4.90 Å². The van der Waals surface area contributed by atoms with Gasteiger partial charge in [-0.3, -0.25) is 4.79 Å². The number of rotatable bonds is 4. The molecule has 0 bridgehead atoms. The Morgan fingerprint density at radius 2 is 2.25 bits per heavy atom. The number of likely N-dealkylation sites (N-methyl/N-ethyl adjacent to an activating group) is 1. The zero-order valence-electron chi connectivity index (χ0n) is 11.6. The van der Waals surface area contributed by atoms with Crippen LogP contribution in [0.15, 0.2) is 18.2 Å². The van der Waals surface area contributed by atoms with Crippen LogP contribution in [-0.4, -0.2) is 55.2 Å². The van der Waals surface area contributed by atoms with E-state index >= 15 is 0 Å². The number of fused-ring (bicyclic) bond motifs is 1. The summed E-state index contributed by atoms with van der Waals surface area (Å²) >= 11 is 0. The Balaban J connectivity index is 2.17. The van der Waals surface area contributed by atoms with Crippen molar-refractivity contribution >= 4 is 17.6 Å². The van der Waals surface area contributed by atoms with Crippen molar-refractivity contribution in [3.05, 3.63) is 23.8 Å². The maximum Gasteiger partial charge on any atom is 0.331 e. The highest BCUT2D eigenvalue weighted by atomic mass is 16.5. The van der Waals surface area contributed by atoms with Crippen molar-refractivity contribution in [2.75, 3.05) is 38.2 Å². The molecule has 108 valence electrons. The Kier molecular flexibility index (Phi) is 4.24. The molecule has 1 amide bonds. The molecule has 0 fully saturated rings. The quantitative estimate of drug-likeness (QED) is 0.628. The highest BCUT2D eigenvalue weighted by Gasteiger charge is 2.26. The van der Waals surface area contributed by atoms with Crippen LogP contribution in [0.2, 0.25) is 0 Å². The zero-order chi connectivity index (χ0) is 14.7. The van der Waals surface area contributed by atoms with Gasteiger partial charge < -0.3 is 19.6 Å². The number of aliphatic hydroxyl groups is 1. The van der Waals surface area contributed by atoms with E-state index in [1.54, 1.807) is 18.0 Å². The monoisotopic (exact) mass is 278 g/mol. The minimum atomic E-state index is -0.374. The van der Waals surface area contributed by atoms with Crippen molar-refractivity contribution in [2.45, 2.75) is 6.92 Å². The van der Waals surface area contributed by atoms with E-state index in [2.05, 4.69) is 0 Å². The van der Waals surface area contributed by atoms with Crippen LogP contribution in [0, 0.1) is 6.92 Å². The maximum atomic E-state index is 12.0. The summed E-state index contributed by atoms with van der Waals surface area (Å²) in [6.07, 6.45) is 0. The summed E-state index contributed by atoms with van der Waals surface area (Å²) in [6.45, 7) is 2.24. The van der Waals surface area contributed by atoms with Crippen LogP contribution < -0.4 is 9.64 Å². The third-order valence-corrected chi connectivity index (χ3v) is 3.19. The number of nitrogens with zero attached hydrogens (tertiary/aromatic N) is 2. The summed E-state index contributed by atoms with van der Waals surface area (Å²) < 4.78 is 5.19. The first-order chi connectivity index (χ1) is 9.51. The summed E-state index contributed by atoms with van der Waals surface area (Å²) in [4.78, 5) is 26.7. The van der Waals surface area contributed by atoms with Crippen LogP contribution in [0.1, 0.15) is 5.56 Å². The van der Waals surface area contributed by atoms with Gasteiger partial charge in [0, 0.05) is 13.6 Å². The summed E-state index contributed by atoms with van der Waals surface area (Å²) in [5.41, 5.74) is 1.73. The Morgan fingerprint density at radius 1 is 1.50 bits per heavy atom. The number of benzene rings is 1. The number of hydrogen-bond donors (Lipinski definition) is 1. The van der Waals surface area contributed by atoms with Gasteiger partial charge in [-0.1, -0.05) is 6.07 Å². The third kappa shape index (κ3) is 3.08. The lowest BCUT2D eigenvalue weighted by atomic mass is 10.1. The second kappa shape index (κ2) is 5.92. The third-order valence-electron chi connectivity index (χ3n) is 3.19. The maximum absolute atomic E-state index is 12.0. The van der Waals surface area contributed by atoms with Gasteiger partial charge in [0.15, 0.2) is 5.75 Å². The standard InChI is InChI=1S/C14H18N2O4/c1-10-3-4-11-12(7-10)20-14(19)9-16(11)8-13(18)15(2)5-6-17/h3-4,7,17H,5-6,8-9H2,1-2H3. The first-order valence-corrected chi connectivity index (χ1v) is 6.42. The van der Waals surface area contributed by atoms with Gasteiger partial charge in [-0.05, 0) is 24.6 Å². The number of carbonyl (C=O) groups excluding carboxylic acids is 2. The number of hydrogen-bond acceptors (Lipinski definition) is 5. The lowest BCUT2D eigenvalue weighted by Crippen LogP contribution is -2.44. The van der Waals surface area contributed by atoms with Crippen molar-refractivity contribution in [1.29, 1.82) is 0 Å². The van der Waals surface area contributed by atoms with Gasteiger partial charge in [0.25, 0.3) is 0 Å². The number of aliphatic hydroxyl groups excluding tert-OH is 1. The molecule has 2 rings (SSSR count). The van der Waals surface area contributed by atoms with Crippen LogP contribution in [0.3, 0.4) is 0 Å². The fourth-order valence-corrected chi connectivity index (χ4v) is 2.06. The van der Waals surface area contributed by atoms with Crippen LogP contribution >= 0.6 is 0 Å². The number of aryl methyl sites for hydroxylation is 1. The summed E-state index contributed by atoms with van der Waals surface area (Å²) in [5, 5.41) is 8.84. The molecule has 0 aromatic heterocycles. The molecule has 0 saturated carbocycles. The molecular weight excluding hydrogens is 260 g/mol. The largest absolute Gasteiger partial charge is 0.423 e. The minimum Gasteiger partial charge on any atom is -0.423 e. The van der Waals surface area contributed by atoms with Crippen molar-refractivity contribution in [3.8, 4) is 5.75 Å². The van der Waals surface area contributed by atoms with E-state index in [1.165, 1.54) is 4.90 Å². The summed E-state index contributed by atoms with van der Waals surface area (Å²) in [5.74, 6) is -0.0418. The Hall–Kier alpha value is -2.08. The van der Waals surface area contributed by atoms with Crippen molar-refractivity contribution < 1.29 is 19.4 Å². The number of amides is 1. The van der Waals surface area contributed by atoms with Crippen LogP contribution in [0.25, 0.3) is 0 Å². The Labute approximate surface area is 117 Å². The molecular formula is C14H18N2O4. The number of ether oxygens (including phenoxy) is 1. The van der Waals surface area contributed by atoms with Gasteiger partial charge >= 0.3 is 5.97 Å². The van der Waals surface area contributed by atoms with Crippen LogP contribution in [0.4, 0.5) is 5.69 Å². The fraction of sp³-hybridized carbons (Fsp3) is 0.429. The highest BCUT2D eigenvalue weighted by Crippen LogP contribution is 2.32. The molecule has 6 heteroatoms. The molecule has 0 unspecified atom stereocenters. The van der Waals surface area contributed by atoms with Gasteiger partial charge in [0.2, 0.25) is 5.91 Å². The molecule has 1 aliphatic rings. The second-order valence-corrected chi connectivity index (χ2v) is 4.84. The molecule has 0 saturated heterocycles. The molecule has 0 spiro atoms. The predicted octanol–water partition coefficient (Wildman–Crippen LogP) is 0.171. The smallest absolute Gasteiger partial charge is 0.331 e. The second-order valence-electron chi connectivity index (χ2n) is 4.84. The van der Waals surface area contributed by atoms with Gasteiger partial charge in [-0.25, -0.2) is 4.79 Å². The van der Waals surface area contributed by atoms with Crippen LogP contribution in [-0.2, 0) is 9.59 Å². The van der Waals surface area contributed by atoms with E-state index < -0.39 is 0 Å². The van der Waals surface area contributed by atoms with E-state index in [0.717, 1.165) is 11.3 Å². The number of esters is 1. The SMILES string of the molecule is Cc1ccc2c(c1)OC(=O)CN2CC(=O)N(C)CCO. The predicted molar refractivity (Wildman–Crippen MR) is 73.7 cm³/mol. The number of anilines is 1. The lowest BCUT2D eigenvalue weighted by molar-refractivity contribution is -0.133. The Morgan fingerprint density at radius 3 is 2.95 bits per heavy atom. The number of carbonyl (C=O) groups is 2. The molecule has 1 heterocycles. The first kappa shape index (κ1) is 14.3. The summed E-state index contributed by atoms with van der Waals surface area (Å²) in [7, 11) is 1.62. The minimum absolute atomic E-state index is 0.0504. The van der Waals surface area contributed by atoms with Gasteiger partial charge in [0.05, 0.1) is 18.8 Å². The van der Waals surface area contributed by atoms with E-state index in [4.69, 9.17) is 9.84 Å². The molecule has 0 atom stereocenters. The lowest BCUT2D eigenvalue weighted by Gasteiger charge is -2.30. The fourth-order valence-electron chi connectivity index (χ4n) is 2.06. The molecule has 0 radical (unpaired) electrons. The van der Waals surface area contributed by atoms with E-state index in [-0.39, 0.29) is 38.1 Å². The van der Waals surface area contributed by atoms with Crippen molar-refractivity contribution in [3.63, 3.8) is 0 Å². The molecule has 20 heavy (non-hydrogen) atoms. The zero-order valence-corrected chi connectivity index (χ0v) is 11.6. The molecule has 6 nitrogen and oxygen atoms in total. The van der Waals surface area contributed by atoms with E-state index in [9.17, 15) is 9.59 Å². The highest BCUT2D eigenvalue weighted by molar-refractivity contribution is 5.89. The summed E-state index contributed by atoms with van der Waals surface area (Å²) in [6, 6.07) is 5.53. The molecule has 0 aliphatic carbocycles. The molecule has 1 N–H and O–H groups in total. The van der Waals surface area contributed by atoms with Gasteiger partial charge in [-0.2, -0.15) is 0 Å². The topological polar surface area (TPSA) is 70.1 Å². The van der Waals surface area contributed by atoms with Gasteiger partial charge in [-0.15, -0.1) is 0 Å². The van der Waals surface area contributed by atoms with Gasteiger partial charge in [0.1, 0.15) is 6.54 Å². The molecule has 1 aromatic rings. The normalized spacial score (nSPS) is 13.8. The van der Waals surface area contributed by atoms with E-state index in [0.29, 0.717) is 5.75 Å². The Bertz CT molecular complexity index is 530.